The number of hydrogen-bond donors (Lipinski definition) is 1. The highest BCUT2D eigenvalue weighted by molar-refractivity contribution is 7.92. The fourth-order valence-electron chi connectivity index (χ4n) is 3.05. The van der Waals surface area contributed by atoms with E-state index in [2.05, 4.69) is 4.72 Å². The largest absolute Gasteiger partial charge is 0.495 e. The summed E-state index contributed by atoms with van der Waals surface area (Å²) in [5, 5.41) is 0.299. The lowest BCUT2D eigenvalue weighted by Gasteiger charge is -2.29. The van der Waals surface area contributed by atoms with Gasteiger partial charge in [-0.15, -0.1) is 0 Å². The normalized spacial score (nSPS) is 14.4. The maximum atomic E-state index is 12.7. The van der Waals surface area contributed by atoms with E-state index in [-0.39, 0.29) is 10.8 Å². The first-order valence-electron chi connectivity index (χ1n) is 8.57. The number of methoxy groups -OCH3 is 1. The number of rotatable bonds is 6. The van der Waals surface area contributed by atoms with Gasteiger partial charge in [0.25, 0.3) is 15.9 Å². The summed E-state index contributed by atoms with van der Waals surface area (Å²) in [4.78, 5) is 14.4. The summed E-state index contributed by atoms with van der Waals surface area (Å²) in [6.07, 6.45) is 1.49. The topological polar surface area (TPSA) is 80.6 Å². The third kappa shape index (κ3) is 4.06. The molecule has 0 atom stereocenters. The van der Waals surface area contributed by atoms with Gasteiger partial charge in [0.15, 0.2) is 0 Å². The molecule has 1 aromatic carbocycles. The summed E-state index contributed by atoms with van der Waals surface area (Å²) in [7, 11) is -2.37. The van der Waals surface area contributed by atoms with Crippen LogP contribution in [0.5, 0.6) is 5.75 Å². The molecule has 146 valence electrons. The highest BCUT2D eigenvalue weighted by Gasteiger charge is 2.28. The van der Waals surface area contributed by atoms with Crippen LogP contribution in [0.25, 0.3) is 0 Å². The van der Waals surface area contributed by atoms with Crippen molar-refractivity contribution in [3.63, 3.8) is 0 Å². The molecule has 0 bridgehead atoms. The van der Waals surface area contributed by atoms with E-state index in [4.69, 9.17) is 16.3 Å². The molecule has 0 radical (unpaired) electrons. The molecule has 0 saturated heterocycles. The molecule has 9 heteroatoms. The molecule has 0 fully saturated rings. The summed E-state index contributed by atoms with van der Waals surface area (Å²) in [6.45, 7) is 5.87. The molecule has 1 aromatic heterocycles. The van der Waals surface area contributed by atoms with Crippen LogP contribution in [0, 0.1) is 5.92 Å². The highest BCUT2D eigenvalue weighted by Crippen LogP contribution is 2.29. The molecule has 3 rings (SSSR count). The maximum Gasteiger partial charge on any atom is 0.270 e. The van der Waals surface area contributed by atoms with Crippen LogP contribution in [0.3, 0.4) is 0 Å². The van der Waals surface area contributed by atoms with Gasteiger partial charge in [-0.05, 0) is 30.2 Å². The van der Waals surface area contributed by atoms with Crippen LogP contribution in [0.15, 0.2) is 35.4 Å². The van der Waals surface area contributed by atoms with Gasteiger partial charge in [-0.25, -0.2) is 8.42 Å². The van der Waals surface area contributed by atoms with Crippen LogP contribution in [0.2, 0.25) is 5.02 Å². The quantitative estimate of drug-likeness (QED) is 0.792. The van der Waals surface area contributed by atoms with E-state index < -0.39 is 10.0 Å². The lowest BCUT2D eigenvalue weighted by molar-refractivity contribution is 0.0683. The van der Waals surface area contributed by atoms with Crippen molar-refractivity contribution in [1.82, 2.24) is 9.47 Å². The second-order valence-corrected chi connectivity index (χ2v) is 8.94. The van der Waals surface area contributed by atoms with Crippen molar-refractivity contribution in [1.29, 1.82) is 0 Å². The molecule has 0 aliphatic carbocycles. The van der Waals surface area contributed by atoms with E-state index in [0.29, 0.717) is 47.7 Å². The van der Waals surface area contributed by atoms with Crippen LogP contribution in [-0.4, -0.2) is 44.0 Å². The Morgan fingerprint density at radius 2 is 2.00 bits per heavy atom. The number of nitrogens with zero attached hydrogens (tertiary/aromatic N) is 2. The fourth-order valence-corrected chi connectivity index (χ4v) is 4.39. The van der Waals surface area contributed by atoms with Crippen LogP contribution in [0.1, 0.15) is 24.3 Å². The maximum absolute atomic E-state index is 12.7. The molecular weight excluding hydrogens is 390 g/mol. The summed E-state index contributed by atoms with van der Waals surface area (Å²) in [5.41, 5.74) is 0.702. The van der Waals surface area contributed by atoms with Crippen molar-refractivity contribution in [2.24, 2.45) is 5.92 Å². The highest BCUT2D eigenvalue weighted by atomic mass is 35.5. The number of anilines is 1. The van der Waals surface area contributed by atoms with Gasteiger partial charge in [0.2, 0.25) is 0 Å². The molecule has 1 aliphatic rings. The van der Waals surface area contributed by atoms with Crippen LogP contribution in [0.4, 0.5) is 5.69 Å². The van der Waals surface area contributed by atoms with E-state index in [1.165, 1.54) is 25.4 Å². The minimum Gasteiger partial charge on any atom is -0.495 e. The SMILES string of the molecule is COc1ccc(NS(=O)(=O)c2cc3n(c2)CCN(CC(C)C)C3=O)cc1Cl. The van der Waals surface area contributed by atoms with Crippen molar-refractivity contribution < 1.29 is 17.9 Å². The van der Waals surface area contributed by atoms with Crippen molar-refractivity contribution in [3.8, 4) is 5.75 Å². The molecule has 2 heterocycles. The minimum atomic E-state index is -3.85. The fraction of sp³-hybridized carbons (Fsp3) is 0.389. The molecule has 0 spiro atoms. The molecule has 1 aliphatic heterocycles. The second kappa shape index (κ2) is 7.44. The average Bonchev–Trinajstić information content (AvgIpc) is 3.03. The van der Waals surface area contributed by atoms with Gasteiger partial charge in [-0.3, -0.25) is 9.52 Å². The zero-order valence-electron chi connectivity index (χ0n) is 15.4. The number of benzene rings is 1. The van der Waals surface area contributed by atoms with Crippen LogP contribution < -0.4 is 9.46 Å². The van der Waals surface area contributed by atoms with Crippen molar-refractivity contribution in [2.75, 3.05) is 24.9 Å². The lowest BCUT2D eigenvalue weighted by atomic mass is 10.2. The van der Waals surface area contributed by atoms with E-state index in [0.717, 1.165) is 0 Å². The Kier molecular flexibility index (Phi) is 5.39. The standard InChI is InChI=1S/C18H22ClN3O4S/c1-12(2)10-22-7-6-21-11-14(9-16(21)18(22)23)27(24,25)20-13-4-5-17(26-3)15(19)8-13/h4-5,8-9,11-12,20H,6-7,10H2,1-3H3. The predicted molar refractivity (Wildman–Crippen MR) is 104 cm³/mol. The number of aromatic nitrogens is 1. The van der Waals surface area contributed by atoms with Gasteiger partial charge >= 0.3 is 0 Å². The molecule has 0 unspecified atom stereocenters. The van der Waals surface area contributed by atoms with Crippen molar-refractivity contribution >= 4 is 33.2 Å². The Bertz CT molecular complexity index is 969. The first-order valence-corrected chi connectivity index (χ1v) is 10.4. The van der Waals surface area contributed by atoms with Crippen molar-refractivity contribution in [2.45, 2.75) is 25.3 Å². The van der Waals surface area contributed by atoms with Gasteiger partial charge in [0, 0.05) is 25.8 Å². The molecule has 27 heavy (non-hydrogen) atoms. The average molecular weight is 412 g/mol. The summed E-state index contributed by atoms with van der Waals surface area (Å²) >= 11 is 6.05. The molecule has 1 N–H and O–H groups in total. The number of hydrogen-bond acceptors (Lipinski definition) is 4. The van der Waals surface area contributed by atoms with E-state index in [9.17, 15) is 13.2 Å². The number of nitrogens with one attached hydrogen (secondary N) is 1. The number of ether oxygens (including phenoxy) is 1. The summed E-state index contributed by atoms with van der Waals surface area (Å²) < 4.78 is 34.7. The van der Waals surface area contributed by atoms with Crippen molar-refractivity contribution in [3.05, 3.63) is 41.2 Å². The zero-order valence-corrected chi connectivity index (χ0v) is 17.0. The van der Waals surface area contributed by atoms with Gasteiger partial charge in [0.1, 0.15) is 16.3 Å². The zero-order chi connectivity index (χ0) is 19.8. The van der Waals surface area contributed by atoms with E-state index in [1.54, 1.807) is 21.6 Å². The molecule has 1 amide bonds. The van der Waals surface area contributed by atoms with Crippen LogP contribution in [-0.2, 0) is 16.6 Å². The van der Waals surface area contributed by atoms with E-state index in [1.807, 2.05) is 13.8 Å². The molecule has 0 saturated carbocycles. The third-order valence-electron chi connectivity index (χ3n) is 4.29. The van der Waals surface area contributed by atoms with Gasteiger partial charge in [-0.2, -0.15) is 0 Å². The summed E-state index contributed by atoms with van der Waals surface area (Å²) in [5.74, 6) is 0.652. The summed E-state index contributed by atoms with van der Waals surface area (Å²) in [6, 6.07) is 6.04. The number of fused-ring (bicyclic) bond motifs is 1. The first-order chi connectivity index (χ1) is 12.7. The number of carbonyl (C=O) groups is 1. The number of carbonyl (C=O) groups excluding carboxylic acids is 1. The second-order valence-electron chi connectivity index (χ2n) is 6.85. The third-order valence-corrected chi connectivity index (χ3v) is 5.93. The lowest BCUT2D eigenvalue weighted by Crippen LogP contribution is -2.41. The number of halogens is 1. The Morgan fingerprint density at radius 1 is 1.26 bits per heavy atom. The Balaban J connectivity index is 1.85. The minimum absolute atomic E-state index is 0.0455. The molecule has 2 aromatic rings. The number of sulfonamides is 1. The molecule has 7 nitrogen and oxygen atoms in total. The Labute approximate surface area is 163 Å². The monoisotopic (exact) mass is 411 g/mol. The smallest absolute Gasteiger partial charge is 0.270 e. The van der Waals surface area contributed by atoms with Gasteiger partial charge in [0.05, 0.1) is 17.8 Å². The van der Waals surface area contributed by atoms with Crippen LogP contribution >= 0.6 is 11.6 Å². The first kappa shape index (κ1) is 19.6. The van der Waals surface area contributed by atoms with Gasteiger partial charge in [-0.1, -0.05) is 25.4 Å². The number of amides is 1. The molecular formula is C18H22ClN3O4S. The Morgan fingerprint density at radius 3 is 2.63 bits per heavy atom. The van der Waals surface area contributed by atoms with Gasteiger partial charge < -0.3 is 14.2 Å². The van der Waals surface area contributed by atoms with E-state index >= 15 is 0 Å². The Hall–Kier alpha value is -2.19. The predicted octanol–water partition coefficient (Wildman–Crippen LogP) is 3.06.